The lowest BCUT2D eigenvalue weighted by Gasteiger charge is -2.13. The number of amides is 1. The van der Waals surface area contributed by atoms with Crippen molar-refractivity contribution in [2.75, 3.05) is 5.32 Å². The van der Waals surface area contributed by atoms with E-state index in [2.05, 4.69) is 20.5 Å². The van der Waals surface area contributed by atoms with Crippen LogP contribution in [0.3, 0.4) is 0 Å². The molecule has 154 valence electrons. The molecule has 3 aromatic heterocycles. The highest BCUT2D eigenvalue weighted by molar-refractivity contribution is 6.12. The molecule has 0 unspecified atom stereocenters. The first-order chi connectivity index (χ1) is 14.3. The molecule has 0 saturated carbocycles. The maximum Gasteiger partial charge on any atom is 0.256 e. The molecule has 0 radical (unpaired) electrons. The van der Waals surface area contributed by atoms with Gasteiger partial charge in [-0.25, -0.2) is 23.7 Å². The number of pyridine rings is 1. The highest BCUT2D eigenvalue weighted by Gasteiger charge is 2.19. The third-order valence-electron chi connectivity index (χ3n) is 4.78. The smallest absolute Gasteiger partial charge is 0.256 e. The lowest BCUT2D eigenvalue weighted by Crippen LogP contribution is -2.14. The van der Waals surface area contributed by atoms with E-state index in [4.69, 9.17) is 4.98 Å². The minimum atomic E-state index is -0.520. The van der Waals surface area contributed by atoms with E-state index in [1.807, 2.05) is 27.7 Å². The number of nitrogens with one attached hydrogen (secondary N) is 1. The molecule has 4 aromatic rings. The summed E-state index contributed by atoms with van der Waals surface area (Å²) in [4.78, 5) is 21.6. The van der Waals surface area contributed by atoms with Gasteiger partial charge in [0.05, 0.1) is 17.1 Å². The largest absolute Gasteiger partial charge is 0.322 e. The summed E-state index contributed by atoms with van der Waals surface area (Å²) in [6.07, 6.45) is 4.38. The molecule has 8 nitrogen and oxygen atoms in total. The Morgan fingerprint density at radius 3 is 2.57 bits per heavy atom. The van der Waals surface area contributed by atoms with Gasteiger partial charge >= 0.3 is 0 Å². The van der Waals surface area contributed by atoms with E-state index < -0.39 is 5.82 Å². The second kappa shape index (κ2) is 7.66. The van der Waals surface area contributed by atoms with Crippen LogP contribution >= 0.6 is 0 Å². The van der Waals surface area contributed by atoms with Gasteiger partial charge in [0.15, 0.2) is 11.5 Å². The Morgan fingerprint density at radius 2 is 1.93 bits per heavy atom. The fourth-order valence-electron chi connectivity index (χ4n) is 3.20. The molecule has 0 bridgehead atoms. The van der Waals surface area contributed by atoms with E-state index in [1.165, 1.54) is 29.5 Å². The van der Waals surface area contributed by atoms with Crippen LogP contribution in [-0.2, 0) is 0 Å². The van der Waals surface area contributed by atoms with Crippen LogP contribution < -0.4 is 5.32 Å². The van der Waals surface area contributed by atoms with E-state index >= 15 is 0 Å². The number of nitrogens with zero attached hydrogens (tertiary/aromatic N) is 6. The van der Waals surface area contributed by atoms with Crippen molar-refractivity contribution < 1.29 is 9.18 Å². The normalized spacial score (nSPS) is 11.6. The summed E-state index contributed by atoms with van der Waals surface area (Å²) in [7, 11) is 0. The third-order valence-corrected chi connectivity index (χ3v) is 4.78. The van der Waals surface area contributed by atoms with Crippen LogP contribution in [0.25, 0.3) is 16.7 Å². The fraction of sp³-hybridized carbons (Fsp3) is 0.286. The second-order valence-electron chi connectivity index (χ2n) is 7.63. The molecule has 0 aliphatic rings. The SMILES string of the molecule is CC(C)c1cc(C(=O)Nc2ccc(-n3cncn3)c(F)c2)c2cnn(C(C)C)c2n1. The van der Waals surface area contributed by atoms with Crippen molar-refractivity contribution >= 4 is 22.6 Å². The number of rotatable bonds is 5. The second-order valence-corrected chi connectivity index (χ2v) is 7.63. The van der Waals surface area contributed by atoms with Gasteiger partial charge in [0, 0.05) is 17.4 Å². The summed E-state index contributed by atoms with van der Waals surface area (Å²) < 4.78 is 17.6. The molecular formula is C21H22FN7O. The zero-order valence-electron chi connectivity index (χ0n) is 17.2. The van der Waals surface area contributed by atoms with Crippen molar-refractivity contribution in [1.82, 2.24) is 29.5 Å². The summed E-state index contributed by atoms with van der Waals surface area (Å²) in [5, 5.41) is 11.8. The van der Waals surface area contributed by atoms with Crippen molar-refractivity contribution in [3.05, 3.63) is 60.2 Å². The van der Waals surface area contributed by atoms with Crippen molar-refractivity contribution in [3.63, 3.8) is 0 Å². The summed E-state index contributed by atoms with van der Waals surface area (Å²) in [5.41, 5.74) is 2.50. The van der Waals surface area contributed by atoms with E-state index in [1.54, 1.807) is 23.0 Å². The molecule has 1 amide bonds. The molecule has 4 rings (SSSR count). The molecule has 0 atom stereocenters. The summed E-state index contributed by atoms with van der Waals surface area (Å²) in [6, 6.07) is 6.30. The predicted octanol–water partition coefficient (Wildman–Crippen LogP) is 4.11. The Labute approximate surface area is 172 Å². The number of benzene rings is 1. The van der Waals surface area contributed by atoms with Crippen LogP contribution in [0.4, 0.5) is 10.1 Å². The molecule has 3 heterocycles. The lowest BCUT2D eigenvalue weighted by atomic mass is 10.0. The number of carbonyl (C=O) groups excluding carboxylic acids is 1. The Hall–Kier alpha value is -3.62. The van der Waals surface area contributed by atoms with Gasteiger partial charge < -0.3 is 5.32 Å². The van der Waals surface area contributed by atoms with Crippen molar-refractivity contribution in [3.8, 4) is 5.69 Å². The van der Waals surface area contributed by atoms with Gasteiger partial charge in [0.25, 0.3) is 5.91 Å². The highest BCUT2D eigenvalue weighted by atomic mass is 19.1. The number of hydrogen-bond acceptors (Lipinski definition) is 5. The maximum atomic E-state index is 14.5. The first kappa shape index (κ1) is 19.7. The summed E-state index contributed by atoms with van der Waals surface area (Å²) >= 11 is 0. The van der Waals surface area contributed by atoms with Crippen LogP contribution in [0.5, 0.6) is 0 Å². The van der Waals surface area contributed by atoms with Crippen molar-refractivity contribution in [2.24, 2.45) is 0 Å². The first-order valence-electron chi connectivity index (χ1n) is 9.69. The minimum absolute atomic E-state index is 0.103. The number of aromatic nitrogens is 6. The fourth-order valence-corrected chi connectivity index (χ4v) is 3.20. The van der Waals surface area contributed by atoms with Crippen LogP contribution in [0.15, 0.2) is 43.1 Å². The molecule has 30 heavy (non-hydrogen) atoms. The molecule has 0 saturated heterocycles. The van der Waals surface area contributed by atoms with Gasteiger partial charge in [0.2, 0.25) is 0 Å². The number of anilines is 1. The number of halogens is 1. The van der Waals surface area contributed by atoms with Gasteiger partial charge in [-0.2, -0.15) is 10.2 Å². The van der Waals surface area contributed by atoms with Crippen LogP contribution in [0, 0.1) is 5.82 Å². The molecule has 0 aliphatic carbocycles. The van der Waals surface area contributed by atoms with Gasteiger partial charge in [0.1, 0.15) is 18.3 Å². The minimum Gasteiger partial charge on any atom is -0.322 e. The average molecular weight is 407 g/mol. The quantitative estimate of drug-likeness (QED) is 0.538. The number of hydrogen-bond donors (Lipinski definition) is 1. The maximum absolute atomic E-state index is 14.5. The van der Waals surface area contributed by atoms with Crippen molar-refractivity contribution in [1.29, 1.82) is 0 Å². The van der Waals surface area contributed by atoms with Crippen LogP contribution in [0.1, 0.15) is 55.7 Å². The predicted molar refractivity (Wildman–Crippen MR) is 111 cm³/mol. The lowest BCUT2D eigenvalue weighted by molar-refractivity contribution is 0.102. The summed E-state index contributed by atoms with van der Waals surface area (Å²) in [6.45, 7) is 8.05. The monoisotopic (exact) mass is 407 g/mol. The highest BCUT2D eigenvalue weighted by Crippen LogP contribution is 2.26. The number of fused-ring (bicyclic) bond motifs is 1. The van der Waals surface area contributed by atoms with Gasteiger partial charge in [-0.1, -0.05) is 13.8 Å². The van der Waals surface area contributed by atoms with E-state index in [0.717, 1.165) is 5.69 Å². The number of carbonyl (C=O) groups is 1. The zero-order valence-corrected chi connectivity index (χ0v) is 17.2. The standard InChI is InChI=1S/C21H22FN7O/c1-12(2)18-8-15(16-9-24-29(13(3)4)20(16)27-18)21(30)26-14-5-6-19(17(22)7-14)28-11-23-10-25-28/h5-13H,1-4H3,(H,26,30). The van der Waals surface area contributed by atoms with E-state index in [-0.39, 0.29) is 23.6 Å². The van der Waals surface area contributed by atoms with Gasteiger partial charge in [-0.15, -0.1) is 0 Å². The van der Waals surface area contributed by atoms with Gasteiger partial charge in [-0.3, -0.25) is 4.79 Å². The third kappa shape index (κ3) is 3.54. The van der Waals surface area contributed by atoms with Crippen LogP contribution in [-0.4, -0.2) is 35.4 Å². The Kier molecular flexibility index (Phi) is 5.03. The summed E-state index contributed by atoms with van der Waals surface area (Å²) in [5.74, 6) is -0.731. The molecule has 1 aromatic carbocycles. The molecule has 9 heteroatoms. The van der Waals surface area contributed by atoms with E-state index in [0.29, 0.717) is 22.3 Å². The molecule has 0 fully saturated rings. The first-order valence-corrected chi connectivity index (χ1v) is 9.69. The Morgan fingerprint density at radius 1 is 1.13 bits per heavy atom. The molecule has 0 aliphatic heterocycles. The van der Waals surface area contributed by atoms with Crippen LogP contribution in [0.2, 0.25) is 0 Å². The van der Waals surface area contributed by atoms with Crippen molar-refractivity contribution in [2.45, 2.75) is 39.7 Å². The molecular weight excluding hydrogens is 385 g/mol. The average Bonchev–Trinajstić information content (AvgIpc) is 3.37. The van der Waals surface area contributed by atoms with Gasteiger partial charge in [-0.05, 0) is 44.0 Å². The molecule has 1 N–H and O–H groups in total. The molecule has 0 spiro atoms. The van der Waals surface area contributed by atoms with E-state index in [9.17, 15) is 9.18 Å². The topological polar surface area (TPSA) is 90.5 Å². The Balaban J connectivity index is 1.70. The Bertz CT molecular complexity index is 1210. The zero-order chi connectivity index (χ0) is 21.4.